The molecule has 0 saturated carbocycles. The SMILES string of the molecule is CCC(CC)N1C(=O)CC(Nc2ccc(F)cc2)C1=O. The van der Waals surface area contributed by atoms with E-state index in [0.29, 0.717) is 5.69 Å². The fraction of sp³-hybridized carbons (Fsp3) is 0.467. The van der Waals surface area contributed by atoms with Crippen molar-refractivity contribution < 1.29 is 14.0 Å². The van der Waals surface area contributed by atoms with Crippen molar-refractivity contribution >= 4 is 17.5 Å². The fourth-order valence-corrected chi connectivity index (χ4v) is 2.55. The lowest BCUT2D eigenvalue weighted by atomic mass is 10.1. The van der Waals surface area contributed by atoms with Crippen molar-refractivity contribution in [3.63, 3.8) is 0 Å². The van der Waals surface area contributed by atoms with E-state index in [1.807, 2.05) is 13.8 Å². The van der Waals surface area contributed by atoms with Crippen LogP contribution in [0, 0.1) is 5.82 Å². The van der Waals surface area contributed by atoms with Crippen molar-refractivity contribution in [1.82, 2.24) is 4.90 Å². The summed E-state index contributed by atoms with van der Waals surface area (Å²) in [6.45, 7) is 3.94. The molecule has 5 heteroatoms. The van der Waals surface area contributed by atoms with Gasteiger partial charge in [0.15, 0.2) is 0 Å². The minimum atomic E-state index is -0.548. The maximum atomic E-state index is 12.8. The summed E-state index contributed by atoms with van der Waals surface area (Å²) in [6.07, 6.45) is 1.68. The van der Waals surface area contributed by atoms with E-state index in [0.717, 1.165) is 12.8 Å². The van der Waals surface area contributed by atoms with E-state index in [4.69, 9.17) is 0 Å². The highest BCUT2D eigenvalue weighted by Crippen LogP contribution is 2.23. The highest BCUT2D eigenvalue weighted by molar-refractivity contribution is 6.07. The third-order valence-corrected chi connectivity index (χ3v) is 3.68. The molecule has 1 N–H and O–H groups in total. The summed E-state index contributed by atoms with van der Waals surface area (Å²) in [5.74, 6) is -0.653. The molecule has 1 fully saturated rings. The Labute approximate surface area is 118 Å². The average molecular weight is 278 g/mol. The highest BCUT2D eigenvalue weighted by atomic mass is 19.1. The molecular weight excluding hydrogens is 259 g/mol. The molecule has 108 valence electrons. The average Bonchev–Trinajstić information content (AvgIpc) is 2.71. The topological polar surface area (TPSA) is 49.4 Å². The molecule has 2 rings (SSSR count). The summed E-state index contributed by atoms with van der Waals surface area (Å²) >= 11 is 0. The Bertz CT molecular complexity index is 497. The van der Waals surface area contributed by atoms with Crippen LogP contribution in [0.2, 0.25) is 0 Å². The molecule has 4 nitrogen and oxygen atoms in total. The van der Waals surface area contributed by atoms with Gasteiger partial charge in [-0.15, -0.1) is 0 Å². The Kier molecular flexibility index (Phi) is 4.37. The Morgan fingerprint density at radius 3 is 2.40 bits per heavy atom. The van der Waals surface area contributed by atoms with E-state index in [-0.39, 0.29) is 30.1 Å². The number of amides is 2. The van der Waals surface area contributed by atoms with Gasteiger partial charge in [0, 0.05) is 11.7 Å². The largest absolute Gasteiger partial charge is 0.373 e. The number of halogens is 1. The van der Waals surface area contributed by atoms with Gasteiger partial charge in [-0.05, 0) is 37.1 Å². The van der Waals surface area contributed by atoms with Gasteiger partial charge in [-0.3, -0.25) is 14.5 Å². The van der Waals surface area contributed by atoms with Crippen molar-refractivity contribution in [2.45, 2.75) is 45.2 Å². The second kappa shape index (κ2) is 6.03. The molecule has 20 heavy (non-hydrogen) atoms. The number of hydrogen-bond donors (Lipinski definition) is 1. The zero-order valence-electron chi connectivity index (χ0n) is 11.7. The number of anilines is 1. The first-order valence-electron chi connectivity index (χ1n) is 6.94. The van der Waals surface area contributed by atoms with Crippen LogP contribution in [0.25, 0.3) is 0 Å². The van der Waals surface area contributed by atoms with E-state index in [9.17, 15) is 14.0 Å². The molecule has 1 aromatic rings. The smallest absolute Gasteiger partial charge is 0.252 e. The molecule has 0 aromatic heterocycles. The molecule has 0 spiro atoms. The van der Waals surface area contributed by atoms with Gasteiger partial charge >= 0.3 is 0 Å². The monoisotopic (exact) mass is 278 g/mol. The minimum Gasteiger partial charge on any atom is -0.373 e. The van der Waals surface area contributed by atoms with Gasteiger partial charge < -0.3 is 5.32 Å². The van der Waals surface area contributed by atoms with Crippen molar-refractivity contribution in [3.8, 4) is 0 Å². The van der Waals surface area contributed by atoms with Crippen molar-refractivity contribution in [2.24, 2.45) is 0 Å². The lowest BCUT2D eigenvalue weighted by Crippen LogP contribution is -2.41. The Hall–Kier alpha value is -1.91. The lowest BCUT2D eigenvalue weighted by Gasteiger charge is -2.24. The van der Waals surface area contributed by atoms with Crippen LogP contribution in [0.3, 0.4) is 0 Å². The van der Waals surface area contributed by atoms with Gasteiger partial charge in [0.25, 0.3) is 5.91 Å². The lowest BCUT2D eigenvalue weighted by molar-refractivity contribution is -0.141. The van der Waals surface area contributed by atoms with Crippen LogP contribution in [0.5, 0.6) is 0 Å². The molecule has 1 atom stereocenters. The molecule has 1 aliphatic heterocycles. The number of nitrogens with one attached hydrogen (secondary N) is 1. The standard InChI is InChI=1S/C15H19FN2O2/c1-3-12(4-2)18-14(19)9-13(15(18)20)17-11-7-5-10(16)6-8-11/h5-8,12-13,17H,3-4,9H2,1-2H3. The fourth-order valence-electron chi connectivity index (χ4n) is 2.55. The quantitative estimate of drug-likeness (QED) is 0.842. The Morgan fingerprint density at radius 2 is 1.85 bits per heavy atom. The molecule has 1 unspecified atom stereocenters. The molecule has 1 saturated heterocycles. The number of benzene rings is 1. The van der Waals surface area contributed by atoms with E-state index < -0.39 is 6.04 Å². The second-order valence-electron chi connectivity index (χ2n) is 4.98. The maximum Gasteiger partial charge on any atom is 0.252 e. The first kappa shape index (κ1) is 14.5. The molecule has 0 radical (unpaired) electrons. The zero-order chi connectivity index (χ0) is 14.7. The first-order valence-corrected chi connectivity index (χ1v) is 6.94. The summed E-state index contributed by atoms with van der Waals surface area (Å²) in [6, 6.07) is 5.19. The summed E-state index contributed by atoms with van der Waals surface area (Å²) in [5.41, 5.74) is 0.643. The van der Waals surface area contributed by atoms with Crippen LogP contribution in [0.1, 0.15) is 33.1 Å². The second-order valence-corrected chi connectivity index (χ2v) is 4.98. The van der Waals surface area contributed by atoms with Crippen LogP contribution in [-0.4, -0.2) is 28.8 Å². The number of rotatable bonds is 5. The number of nitrogens with zero attached hydrogens (tertiary/aromatic N) is 1. The van der Waals surface area contributed by atoms with Gasteiger partial charge in [-0.2, -0.15) is 0 Å². The van der Waals surface area contributed by atoms with Gasteiger partial charge in [-0.1, -0.05) is 13.8 Å². The predicted octanol–water partition coefficient (Wildman–Crippen LogP) is 2.55. The van der Waals surface area contributed by atoms with E-state index in [1.54, 1.807) is 12.1 Å². The van der Waals surface area contributed by atoms with Crippen LogP contribution in [0.15, 0.2) is 24.3 Å². The molecule has 1 heterocycles. The number of carbonyl (C=O) groups excluding carboxylic acids is 2. The molecule has 1 aromatic carbocycles. The molecule has 0 bridgehead atoms. The van der Waals surface area contributed by atoms with Crippen LogP contribution in [0.4, 0.5) is 10.1 Å². The van der Waals surface area contributed by atoms with Crippen molar-refractivity contribution in [3.05, 3.63) is 30.1 Å². The van der Waals surface area contributed by atoms with E-state index in [2.05, 4.69) is 5.32 Å². The Balaban J connectivity index is 2.09. The highest BCUT2D eigenvalue weighted by Gasteiger charge is 2.41. The third kappa shape index (κ3) is 2.81. The maximum absolute atomic E-state index is 12.8. The Morgan fingerprint density at radius 1 is 1.25 bits per heavy atom. The van der Waals surface area contributed by atoms with E-state index in [1.165, 1.54) is 17.0 Å². The molecule has 0 aliphatic carbocycles. The molecular formula is C15H19FN2O2. The number of likely N-dealkylation sites (tertiary alicyclic amines) is 1. The van der Waals surface area contributed by atoms with Gasteiger partial charge in [0.05, 0.1) is 6.42 Å². The first-order chi connectivity index (χ1) is 9.56. The van der Waals surface area contributed by atoms with Crippen molar-refractivity contribution in [1.29, 1.82) is 0 Å². The van der Waals surface area contributed by atoms with Crippen LogP contribution < -0.4 is 5.32 Å². The summed E-state index contributed by atoms with van der Waals surface area (Å²) in [5, 5.41) is 3.00. The summed E-state index contributed by atoms with van der Waals surface area (Å²) < 4.78 is 12.8. The van der Waals surface area contributed by atoms with Crippen LogP contribution in [-0.2, 0) is 9.59 Å². The van der Waals surface area contributed by atoms with Crippen LogP contribution >= 0.6 is 0 Å². The summed E-state index contributed by atoms with van der Waals surface area (Å²) in [7, 11) is 0. The molecule has 2 amide bonds. The number of hydrogen-bond acceptors (Lipinski definition) is 3. The number of imide groups is 1. The normalized spacial score (nSPS) is 19.0. The zero-order valence-corrected chi connectivity index (χ0v) is 11.7. The minimum absolute atomic E-state index is 0.0324. The van der Waals surface area contributed by atoms with Gasteiger partial charge in [0.1, 0.15) is 11.9 Å². The third-order valence-electron chi connectivity index (χ3n) is 3.68. The van der Waals surface area contributed by atoms with E-state index >= 15 is 0 Å². The number of carbonyl (C=O) groups is 2. The van der Waals surface area contributed by atoms with Gasteiger partial charge in [-0.25, -0.2) is 4.39 Å². The van der Waals surface area contributed by atoms with Gasteiger partial charge in [0.2, 0.25) is 5.91 Å². The van der Waals surface area contributed by atoms with Crippen molar-refractivity contribution in [2.75, 3.05) is 5.32 Å². The predicted molar refractivity (Wildman–Crippen MR) is 74.7 cm³/mol. The molecule has 1 aliphatic rings. The summed E-state index contributed by atoms with van der Waals surface area (Å²) in [4.78, 5) is 25.7.